The van der Waals surface area contributed by atoms with Crippen LogP contribution >= 0.6 is 0 Å². The number of hydrogen-bond donors (Lipinski definition) is 3. The van der Waals surface area contributed by atoms with Crippen LogP contribution in [0.5, 0.6) is 0 Å². The lowest BCUT2D eigenvalue weighted by Gasteiger charge is -2.30. The van der Waals surface area contributed by atoms with Crippen LogP contribution in [-0.4, -0.2) is 52.4 Å². The number of carboxylic acid groups (broad SMARTS) is 2. The van der Waals surface area contributed by atoms with Gasteiger partial charge in [0, 0.05) is 18.8 Å². The molecule has 1 aliphatic carbocycles. The molecule has 0 amide bonds. The fraction of sp³-hybridized carbons (Fsp3) is 0.739. The molecule has 7 nitrogen and oxygen atoms in total. The van der Waals surface area contributed by atoms with Crippen LogP contribution in [-0.2, 0) is 19.1 Å². The van der Waals surface area contributed by atoms with Crippen LogP contribution in [0.2, 0.25) is 0 Å². The Balaban J connectivity index is 2.08. The Morgan fingerprint density at radius 1 is 1.13 bits per heavy atom. The molecule has 2 fully saturated rings. The van der Waals surface area contributed by atoms with Crippen molar-refractivity contribution in [2.75, 3.05) is 13.2 Å². The van der Waals surface area contributed by atoms with E-state index in [9.17, 15) is 19.8 Å². The first-order valence-corrected chi connectivity index (χ1v) is 11.1. The number of aliphatic carboxylic acids is 2. The van der Waals surface area contributed by atoms with Gasteiger partial charge in [0.05, 0.1) is 25.2 Å². The second-order valence-corrected chi connectivity index (χ2v) is 8.28. The molecule has 4 atom stereocenters. The molecule has 1 saturated heterocycles. The molecule has 2 aliphatic rings. The maximum absolute atomic E-state index is 12.0. The Hall–Kier alpha value is -1.70. The summed E-state index contributed by atoms with van der Waals surface area (Å²) in [4.78, 5) is 22.6. The van der Waals surface area contributed by atoms with Gasteiger partial charge in [0.2, 0.25) is 0 Å². The summed E-state index contributed by atoms with van der Waals surface area (Å²) in [5.74, 6) is -3.69. The third-order valence-electron chi connectivity index (χ3n) is 6.07. The van der Waals surface area contributed by atoms with E-state index in [0.29, 0.717) is 45.3 Å². The van der Waals surface area contributed by atoms with E-state index in [1.54, 1.807) is 6.08 Å². The zero-order chi connectivity index (χ0) is 22.0. The van der Waals surface area contributed by atoms with Crippen LogP contribution in [0.3, 0.4) is 0 Å². The summed E-state index contributed by atoms with van der Waals surface area (Å²) < 4.78 is 11.9. The van der Waals surface area contributed by atoms with Crippen LogP contribution in [0.1, 0.15) is 64.7 Å². The molecule has 170 valence electrons. The van der Waals surface area contributed by atoms with E-state index in [-0.39, 0.29) is 18.3 Å². The van der Waals surface area contributed by atoms with Gasteiger partial charge in [-0.25, -0.2) is 0 Å². The lowest BCUT2D eigenvalue weighted by molar-refractivity contribution is -0.185. The first kappa shape index (κ1) is 24.6. The number of carboxylic acids is 2. The highest BCUT2D eigenvalue weighted by Crippen LogP contribution is 2.51. The molecule has 2 rings (SSSR count). The predicted octanol–water partition coefficient (Wildman–Crippen LogP) is 3.77. The summed E-state index contributed by atoms with van der Waals surface area (Å²) >= 11 is 0. The third kappa shape index (κ3) is 6.93. The maximum atomic E-state index is 12.0. The Kier molecular flexibility index (Phi) is 10.0. The first-order chi connectivity index (χ1) is 14.4. The van der Waals surface area contributed by atoms with Crippen molar-refractivity contribution < 1.29 is 34.4 Å². The average molecular weight is 425 g/mol. The van der Waals surface area contributed by atoms with Crippen LogP contribution in [0.15, 0.2) is 24.3 Å². The summed E-state index contributed by atoms with van der Waals surface area (Å²) in [6, 6.07) is 0. The number of allylic oxidation sites excluding steroid dienone is 3. The number of aliphatic hydroxyl groups excluding tert-OH is 1. The second kappa shape index (κ2) is 12.2. The van der Waals surface area contributed by atoms with E-state index >= 15 is 0 Å². The third-order valence-corrected chi connectivity index (χ3v) is 6.07. The van der Waals surface area contributed by atoms with Gasteiger partial charge in [0.15, 0.2) is 5.79 Å². The van der Waals surface area contributed by atoms with Crippen LogP contribution in [0, 0.1) is 17.8 Å². The topological polar surface area (TPSA) is 113 Å². The van der Waals surface area contributed by atoms with Crippen molar-refractivity contribution in [2.45, 2.75) is 76.6 Å². The zero-order valence-electron chi connectivity index (χ0n) is 17.9. The molecule has 0 aromatic heterocycles. The van der Waals surface area contributed by atoms with Crippen LogP contribution in [0.4, 0.5) is 0 Å². The molecule has 1 spiro atoms. The first-order valence-electron chi connectivity index (χ1n) is 11.1. The molecule has 1 heterocycles. The summed E-state index contributed by atoms with van der Waals surface area (Å²) in [7, 11) is 0. The van der Waals surface area contributed by atoms with Gasteiger partial charge in [-0.05, 0) is 31.6 Å². The van der Waals surface area contributed by atoms with Crippen molar-refractivity contribution in [3.8, 4) is 0 Å². The highest BCUT2D eigenvalue weighted by atomic mass is 16.7. The Morgan fingerprint density at radius 3 is 2.50 bits per heavy atom. The number of aliphatic hydroxyl groups is 1. The van der Waals surface area contributed by atoms with Gasteiger partial charge >= 0.3 is 11.9 Å². The van der Waals surface area contributed by atoms with E-state index in [2.05, 4.69) is 6.92 Å². The molecule has 3 N–H and O–H groups in total. The number of hydrogen-bond acceptors (Lipinski definition) is 5. The number of carbonyl (C=O) groups is 2. The standard InChI is InChI=1S/C23H36O7/c1-2-3-6-9-17(24)12-13-18-19(22(27)28)16-23(29-14-15-30-23)20(18)10-7-4-5-8-11-21(25)26/h4,7,12-13,17-20,24H,2-3,5-6,8-11,14-16H2,1H3,(H,25,26)(H,27,28)/b7-4+,13-12+. The number of ether oxygens (including phenoxy) is 2. The van der Waals surface area contributed by atoms with Crippen molar-refractivity contribution in [1.82, 2.24) is 0 Å². The van der Waals surface area contributed by atoms with E-state index < -0.39 is 29.7 Å². The second-order valence-electron chi connectivity index (χ2n) is 8.28. The van der Waals surface area contributed by atoms with E-state index in [0.717, 1.165) is 19.3 Å². The Labute approximate surface area is 178 Å². The van der Waals surface area contributed by atoms with Gasteiger partial charge in [-0.2, -0.15) is 0 Å². The minimum absolute atomic E-state index is 0.131. The molecule has 0 aromatic rings. The van der Waals surface area contributed by atoms with Crippen molar-refractivity contribution >= 4 is 11.9 Å². The van der Waals surface area contributed by atoms with E-state index in [1.165, 1.54) is 0 Å². The van der Waals surface area contributed by atoms with Crippen LogP contribution < -0.4 is 0 Å². The van der Waals surface area contributed by atoms with Gasteiger partial charge < -0.3 is 24.8 Å². The van der Waals surface area contributed by atoms with E-state index in [1.807, 2.05) is 18.2 Å². The minimum atomic E-state index is -0.906. The van der Waals surface area contributed by atoms with Gasteiger partial charge in [0.1, 0.15) is 0 Å². The van der Waals surface area contributed by atoms with Gasteiger partial charge in [-0.3, -0.25) is 9.59 Å². The fourth-order valence-corrected chi connectivity index (χ4v) is 4.52. The fourth-order valence-electron chi connectivity index (χ4n) is 4.52. The molecular weight excluding hydrogens is 388 g/mol. The lowest BCUT2D eigenvalue weighted by atomic mass is 9.85. The van der Waals surface area contributed by atoms with Crippen molar-refractivity contribution in [2.24, 2.45) is 17.8 Å². The largest absolute Gasteiger partial charge is 0.481 e. The predicted molar refractivity (Wildman–Crippen MR) is 112 cm³/mol. The molecule has 0 radical (unpaired) electrons. The summed E-state index contributed by atoms with van der Waals surface area (Å²) in [6.07, 6.45) is 12.9. The molecule has 1 saturated carbocycles. The minimum Gasteiger partial charge on any atom is -0.481 e. The van der Waals surface area contributed by atoms with Crippen molar-refractivity contribution in [1.29, 1.82) is 0 Å². The van der Waals surface area contributed by atoms with E-state index in [4.69, 9.17) is 14.6 Å². The molecule has 1 aliphatic heterocycles. The summed E-state index contributed by atoms with van der Waals surface area (Å²) in [5, 5.41) is 28.8. The number of unbranched alkanes of at least 4 members (excludes halogenated alkanes) is 3. The monoisotopic (exact) mass is 424 g/mol. The molecule has 7 heteroatoms. The smallest absolute Gasteiger partial charge is 0.307 e. The highest BCUT2D eigenvalue weighted by Gasteiger charge is 2.58. The Bertz CT molecular complexity index is 607. The van der Waals surface area contributed by atoms with Gasteiger partial charge in [-0.15, -0.1) is 0 Å². The SMILES string of the molecule is CCCCCC(O)/C=C/C1C(C(=O)O)CC2(OCCO2)C1C/C=C/CCCC(=O)O. The van der Waals surface area contributed by atoms with Crippen molar-refractivity contribution in [3.63, 3.8) is 0 Å². The maximum Gasteiger partial charge on any atom is 0.307 e. The quantitative estimate of drug-likeness (QED) is 0.305. The Morgan fingerprint density at radius 2 is 1.87 bits per heavy atom. The normalized spacial score (nSPS) is 26.8. The average Bonchev–Trinajstić information content (AvgIpc) is 3.28. The molecule has 0 aromatic carbocycles. The zero-order valence-corrected chi connectivity index (χ0v) is 17.9. The summed E-state index contributed by atoms with van der Waals surface area (Å²) in [5.41, 5.74) is 0. The molecule has 4 unspecified atom stereocenters. The molecule has 30 heavy (non-hydrogen) atoms. The van der Waals surface area contributed by atoms with Crippen LogP contribution in [0.25, 0.3) is 0 Å². The highest BCUT2D eigenvalue weighted by molar-refractivity contribution is 5.71. The van der Waals surface area contributed by atoms with Gasteiger partial charge in [0.25, 0.3) is 0 Å². The van der Waals surface area contributed by atoms with Gasteiger partial charge in [-0.1, -0.05) is 50.5 Å². The summed E-state index contributed by atoms with van der Waals surface area (Å²) in [6.45, 7) is 3.00. The molecular formula is C23H36O7. The molecule has 0 bridgehead atoms. The number of rotatable bonds is 13. The lowest BCUT2D eigenvalue weighted by Crippen LogP contribution is -2.36. The van der Waals surface area contributed by atoms with Crippen molar-refractivity contribution in [3.05, 3.63) is 24.3 Å².